The van der Waals surface area contributed by atoms with E-state index in [9.17, 15) is 4.79 Å². The lowest BCUT2D eigenvalue weighted by molar-refractivity contribution is 0.0701. The Hall–Kier alpha value is -1.69. The molecule has 2 aromatic rings. The number of hydrogen-bond donors (Lipinski definition) is 2. The monoisotopic (exact) mass is 291 g/mol. The quantitative estimate of drug-likeness (QED) is 0.823. The normalized spacial score (nSPS) is 10.7. The number of hydrogen-bond acceptors (Lipinski definition) is 4. The molecule has 0 saturated heterocycles. The molecule has 0 aliphatic rings. The predicted molar refractivity (Wildman–Crippen MR) is 79.0 cm³/mol. The molecule has 0 atom stereocenters. The van der Waals surface area contributed by atoms with Crippen molar-refractivity contribution in [1.82, 2.24) is 5.32 Å². The van der Waals surface area contributed by atoms with Crippen LogP contribution in [0, 0.1) is 0 Å². The Kier molecular flexibility index (Phi) is 5.29. The average Bonchev–Trinajstić information content (AvgIpc) is 2.90. The molecule has 20 heavy (non-hydrogen) atoms. The predicted octanol–water partition coefficient (Wildman–Crippen LogP) is 2.88. The molecule has 0 aliphatic heterocycles. The van der Waals surface area contributed by atoms with Gasteiger partial charge in [0, 0.05) is 20.2 Å². The summed E-state index contributed by atoms with van der Waals surface area (Å²) in [5, 5.41) is 14.1. The van der Waals surface area contributed by atoms with E-state index in [-0.39, 0.29) is 0 Å². The van der Waals surface area contributed by atoms with Crippen LogP contribution in [-0.4, -0.2) is 18.2 Å². The fourth-order valence-corrected chi connectivity index (χ4v) is 2.78. The van der Waals surface area contributed by atoms with Crippen LogP contribution >= 0.6 is 11.3 Å². The zero-order chi connectivity index (χ0) is 14.4. The lowest BCUT2D eigenvalue weighted by Crippen LogP contribution is -2.15. The van der Waals surface area contributed by atoms with E-state index < -0.39 is 5.97 Å². The van der Waals surface area contributed by atoms with Crippen LogP contribution in [-0.2, 0) is 24.4 Å². The molecule has 0 spiro atoms. The van der Waals surface area contributed by atoms with E-state index >= 15 is 0 Å². The molecule has 1 heterocycles. The van der Waals surface area contributed by atoms with Crippen LogP contribution in [0.1, 0.15) is 26.4 Å². The van der Waals surface area contributed by atoms with Crippen molar-refractivity contribution in [2.75, 3.05) is 7.11 Å². The van der Waals surface area contributed by atoms with Crippen molar-refractivity contribution in [2.24, 2.45) is 0 Å². The number of thiophene rings is 1. The molecule has 0 radical (unpaired) electrons. The van der Waals surface area contributed by atoms with Crippen LogP contribution in [0.3, 0.4) is 0 Å². The molecule has 1 aromatic carbocycles. The van der Waals surface area contributed by atoms with Crippen LogP contribution in [0.25, 0.3) is 0 Å². The highest BCUT2D eigenvalue weighted by Crippen LogP contribution is 2.17. The smallest absolute Gasteiger partial charge is 0.346 e. The van der Waals surface area contributed by atoms with E-state index in [0.717, 1.165) is 11.1 Å². The fraction of sp³-hybridized carbons (Fsp3) is 0.267. The minimum atomic E-state index is -0.864. The van der Waals surface area contributed by atoms with E-state index in [2.05, 4.69) is 5.32 Å². The van der Waals surface area contributed by atoms with Crippen LogP contribution in [0.5, 0.6) is 0 Å². The van der Waals surface area contributed by atoms with Gasteiger partial charge in [-0.2, -0.15) is 0 Å². The first-order valence-corrected chi connectivity index (χ1v) is 7.16. The van der Waals surface area contributed by atoms with Crippen LogP contribution in [0.2, 0.25) is 0 Å². The minimum absolute atomic E-state index is 0.405. The summed E-state index contributed by atoms with van der Waals surface area (Å²) in [4.78, 5) is 11.4. The van der Waals surface area contributed by atoms with Gasteiger partial charge in [0.05, 0.1) is 6.61 Å². The second-order valence-corrected chi connectivity index (χ2v) is 5.30. The average molecular weight is 291 g/mol. The summed E-state index contributed by atoms with van der Waals surface area (Å²) in [6.45, 7) is 1.82. The van der Waals surface area contributed by atoms with Crippen molar-refractivity contribution in [2.45, 2.75) is 19.7 Å². The number of methoxy groups -OCH3 is 1. The number of aromatic carboxylic acids is 1. The van der Waals surface area contributed by atoms with Gasteiger partial charge in [0.15, 0.2) is 0 Å². The second-order valence-electron chi connectivity index (χ2n) is 4.39. The summed E-state index contributed by atoms with van der Waals surface area (Å²) in [7, 11) is 1.68. The molecule has 0 fully saturated rings. The van der Waals surface area contributed by atoms with Gasteiger partial charge in [-0.15, -0.1) is 11.3 Å². The van der Waals surface area contributed by atoms with E-state index in [0.29, 0.717) is 24.6 Å². The molecule has 2 N–H and O–H groups in total. The fourth-order valence-electron chi connectivity index (χ4n) is 2.02. The molecule has 1 aromatic heterocycles. The van der Waals surface area contributed by atoms with Crippen molar-refractivity contribution < 1.29 is 14.6 Å². The number of carbonyl (C=O) groups is 1. The third-order valence-corrected chi connectivity index (χ3v) is 3.93. The van der Waals surface area contributed by atoms with E-state index in [4.69, 9.17) is 9.84 Å². The number of carboxylic acid groups (broad SMARTS) is 1. The topological polar surface area (TPSA) is 58.6 Å². The first-order chi connectivity index (χ1) is 9.72. The molecule has 2 rings (SSSR count). The zero-order valence-corrected chi connectivity index (χ0v) is 12.1. The number of carboxylic acids is 1. The molecule has 0 amide bonds. The van der Waals surface area contributed by atoms with Crippen molar-refractivity contribution in [3.8, 4) is 0 Å². The first kappa shape index (κ1) is 14.7. The van der Waals surface area contributed by atoms with E-state index in [1.807, 2.05) is 30.3 Å². The third kappa shape index (κ3) is 3.66. The summed E-state index contributed by atoms with van der Waals surface area (Å²) >= 11 is 1.26. The Bertz CT molecular complexity index is 580. The summed E-state index contributed by atoms with van der Waals surface area (Å²) in [6.07, 6.45) is 0. The van der Waals surface area contributed by atoms with E-state index in [1.165, 1.54) is 16.9 Å². The Morgan fingerprint density at radius 1 is 1.20 bits per heavy atom. The van der Waals surface area contributed by atoms with Crippen molar-refractivity contribution in [1.29, 1.82) is 0 Å². The molecule has 0 bridgehead atoms. The molecule has 4 nitrogen and oxygen atoms in total. The number of benzene rings is 1. The molecule has 106 valence electrons. The van der Waals surface area contributed by atoms with Gasteiger partial charge in [0.1, 0.15) is 4.88 Å². The summed E-state index contributed by atoms with van der Waals surface area (Å²) in [5.74, 6) is -0.864. The number of rotatable bonds is 7. The van der Waals surface area contributed by atoms with Crippen molar-refractivity contribution in [3.63, 3.8) is 0 Å². The van der Waals surface area contributed by atoms with Crippen molar-refractivity contribution >= 4 is 17.3 Å². The second kappa shape index (κ2) is 7.19. The van der Waals surface area contributed by atoms with Gasteiger partial charge in [-0.1, -0.05) is 24.3 Å². The van der Waals surface area contributed by atoms with Gasteiger partial charge in [0.25, 0.3) is 0 Å². The van der Waals surface area contributed by atoms with Gasteiger partial charge in [0.2, 0.25) is 0 Å². The highest BCUT2D eigenvalue weighted by molar-refractivity contribution is 7.12. The minimum Gasteiger partial charge on any atom is -0.477 e. The number of nitrogens with one attached hydrogen (secondary N) is 1. The van der Waals surface area contributed by atoms with E-state index in [1.54, 1.807) is 12.5 Å². The maximum Gasteiger partial charge on any atom is 0.346 e. The van der Waals surface area contributed by atoms with Crippen LogP contribution in [0.4, 0.5) is 0 Å². The van der Waals surface area contributed by atoms with Gasteiger partial charge in [-0.25, -0.2) is 4.79 Å². The molecule has 5 heteroatoms. The lowest BCUT2D eigenvalue weighted by atomic mass is 10.1. The molecule has 0 aliphatic carbocycles. The molecule has 0 saturated carbocycles. The van der Waals surface area contributed by atoms with Crippen LogP contribution < -0.4 is 5.32 Å². The Morgan fingerprint density at radius 2 is 1.90 bits per heavy atom. The highest BCUT2D eigenvalue weighted by atomic mass is 32.1. The standard InChI is InChI=1S/C15H17NO3S/c1-19-10-13-5-3-2-4-11(13)8-16-9-12-6-7-20-14(12)15(17)18/h2-7,16H,8-10H2,1H3,(H,17,18). The van der Waals surface area contributed by atoms with Gasteiger partial charge < -0.3 is 15.2 Å². The van der Waals surface area contributed by atoms with Gasteiger partial charge in [-0.3, -0.25) is 0 Å². The Balaban J connectivity index is 1.96. The largest absolute Gasteiger partial charge is 0.477 e. The Morgan fingerprint density at radius 3 is 2.60 bits per heavy atom. The molecular weight excluding hydrogens is 274 g/mol. The maximum atomic E-state index is 11.0. The van der Waals surface area contributed by atoms with Gasteiger partial charge in [-0.05, 0) is 28.1 Å². The van der Waals surface area contributed by atoms with Crippen molar-refractivity contribution in [3.05, 3.63) is 57.3 Å². The SMILES string of the molecule is COCc1ccccc1CNCc1ccsc1C(=O)O. The summed E-state index contributed by atoms with van der Waals surface area (Å²) < 4.78 is 5.17. The zero-order valence-electron chi connectivity index (χ0n) is 11.3. The Labute approximate surface area is 122 Å². The first-order valence-electron chi connectivity index (χ1n) is 6.28. The number of ether oxygens (including phenoxy) is 1. The third-order valence-electron chi connectivity index (χ3n) is 2.99. The summed E-state index contributed by atoms with van der Waals surface area (Å²) in [6, 6.07) is 9.91. The summed E-state index contributed by atoms with van der Waals surface area (Å²) in [5.41, 5.74) is 3.14. The van der Waals surface area contributed by atoms with Gasteiger partial charge >= 0.3 is 5.97 Å². The lowest BCUT2D eigenvalue weighted by Gasteiger charge is -2.10. The maximum absolute atomic E-state index is 11.0. The molecule has 0 unspecified atom stereocenters. The highest BCUT2D eigenvalue weighted by Gasteiger charge is 2.11. The van der Waals surface area contributed by atoms with Crippen LogP contribution in [0.15, 0.2) is 35.7 Å². The molecular formula is C15H17NO3S.